The van der Waals surface area contributed by atoms with Crippen molar-refractivity contribution >= 4 is 11.9 Å². The van der Waals surface area contributed by atoms with Crippen LogP contribution in [0.2, 0.25) is 0 Å². The van der Waals surface area contributed by atoms with Gasteiger partial charge in [-0.1, -0.05) is 13.8 Å². The molecule has 1 aromatic rings. The molecule has 0 saturated heterocycles. The number of hydrogen-bond acceptors (Lipinski definition) is 3. The molecular formula is C12H17NO4. The molecule has 0 atom stereocenters. The molecule has 0 fully saturated rings. The van der Waals surface area contributed by atoms with Gasteiger partial charge in [0.2, 0.25) is 0 Å². The van der Waals surface area contributed by atoms with E-state index in [1.165, 1.54) is 6.07 Å². The maximum absolute atomic E-state index is 12.0. The molecule has 0 aromatic carbocycles. The summed E-state index contributed by atoms with van der Waals surface area (Å²) < 4.78 is 4.98. The summed E-state index contributed by atoms with van der Waals surface area (Å²) in [7, 11) is 0. The molecule has 1 N–H and O–H groups in total. The van der Waals surface area contributed by atoms with Crippen molar-refractivity contribution in [3.8, 4) is 0 Å². The Bertz CT molecular complexity index is 408. The van der Waals surface area contributed by atoms with Crippen LogP contribution in [0.5, 0.6) is 0 Å². The Kier molecular flexibility index (Phi) is 4.31. The molecule has 0 saturated carbocycles. The van der Waals surface area contributed by atoms with Gasteiger partial charge >= 0.3 is 5.97 Å². The number of carbonyl (C=O) groups excluding carboxylic acids is 1. The summed E-state index contributed by atoms with van der Waals surface area (Å²) in [5, 5.41) is 8.74. The van der Waals surface area contributed by atoms with E-state index in [9.17, 15) is 9.59 Å². The number of furan rings is 1. The minimum atomic E-state index is -1.10. The highest BCUT2D eigenvalue weighted by molar-refractivity contribution is 5.95. The number of nitrogens with zero attached hydrogens (tertiary/aromatic N) is 1. The number of aromatic carboxylic acids is 1. The SMILES string of the molecule is CCN(CC(C)C)C(=O)c1cc(C(=O)O)co1. The summed E-state index contributed by atoms with van der Waals surface area (Å²) in [6, 6.07) is 1.26. The lowest BCUT2D eigenvalue weighted by atomic mass is 10.2. The highest BCUT2D eigenvalue weighted by Gasteiger charge is 2.20. The Morgan fingerprint density at radius 3 is 2.53 bits per heavy atom. The molecule has 1 amide bonds. The number of carbonyl (C=O) groups is 2. The zero-order chi connectivity index (χ0) is 13.0. The van der Waals surface area contributed by atoms with Gasteiger partial charge in [0, 0.05) is 19.2 Å². The first-order valence-corrected chi connectivity index (χ1v) is 5.56. The Balaban J connectivity index is 2.82. The van der Waals surface area contributed by atoms with E-state index < -0.39 is 5.97 Å². The highest BCUT2D eigenvalue weighted by atomic mass is 16.4. The second-order valence-electron chi connectivity index (χ2n) is 4.24. The number of carboxylic acid groups (broad SMARTS) is 1. The Hall–Kier alpha value is -1.78. The summed E-state index contributed by atoms with van der Waals surface area (Å²) in [6.45, 7) is 7.10. The monoisotopic (exact) mass is 239 g/mol. The zero-order valence-corrected chi connectivity index (χ0v) is 10.3. The van der Waals surface area contributed by atoms with Crippen LogP contribution in [0.25, 0.3) is 0 Å². The van der Waals surface area contributed by atoms with Gasteiger partial charge in [-0.25, -0.2) is 4.79 Å². The fourth-order valence-corrected chi connectivity index (χ4v) is 1.51. The first kappa shape index (κ1) is 13.3. The third kappa shape index (κ3) is 3.34. The highest BCUT2D eigenvalue weighted by Crippen LogP contribution is 2.12. The van der Waals surface area contributed by atoms with Crippen LogP contribution in [0.4, 0.5) is 0 Å². The zero-order valence-electron chi connectivity index (χ0n) is 10.3. The van der Waals surface area contributed by atoms with E-state index in [4.69, 9.17) is 9.52 Å². The van der Waals surface area contributed by atoms with Crippen molar-refractivity contribution in [1.29, 1.82) is 0 Å². The Morgan fingerprint density at radius 1 is 1.47 bits per heavy atom. The van der Waals surface area contributed by atoms with Crippen LogP contribution in [0.1, 0.15) is 41.7 Å². The normalized spacial score (nSPS) is 10.6. The van der Waals surface area contributed by atoms with Gasteiger partial charge in [0.15, 0.2) is 5.76 Å². The van der Waals surface area contributed by atoms with E-state index in [0.29, 0.717) is 19.0 Å². The average Bonchev–Trinajstić information content (AvgIpc) is 2.73. The van der Waals surface area contributed by atoms with Crippen molar-refractivity contribution in [2.45, 2.75) is 20.8 Å². The first-order valence-electron chi connectivity index (χ1n) is 5.56. The fraction of sp³-hybridized carbons (Fsp3) is 0.500. The van der Waals surface area contributed by atoms with Crippen molar-refractivity contribution < 1.29 is 19.1 Å². The second-order valence-corrected chi connectivity index (χ2v) is 4.24. The van der Waals surface area contributed by atoms with E-state index in [2.05, 4.69) is 0 Å². The van der Waals surface area contributed by atoms with Crippen molar-refractivity contribution in [3.05, 3.63) is 23.7 Å². The molecule has 0 unspecified atom stereocenters. The number of carboxylic acids is 1. The third-order valence-electron chi connectivity index (χ3n) is 2.31. The molecule has 0 spiro atoms. The largest absolute Gasteiger partial charge is 0.478 e. The second kappa shape index (κ2) is 5.52. The van der Waals surface area contributed by atoms with Crippen LogP contribution in [0.15, 0.2) is 16.7 Å². The van der Waals surface area contributed by atoms with Crippen LogP contribution < -0.4 is 0 Å². The molecule has 0 aliphatic rings. The predicted molar refractivity (Wildman–Crippen MR) is 62.1 cm³/mol. The van der Waals surface area contributed by atoms with Gasteiger partial charge in [0.1, 0.15) is 6.26 Å². The van der Waals surface area contributed by atoms with Crippen molar-refractivity contribution in [2.24, 2.45) is 5.92 Å². The molecule has 5 nitrogen and oxygen atoms in total. The maximum atomic E-state index is 12.0. The quantitative estimate of drug-likeness (QED) is 0.854. The molecule has 17 heavy (non-hydrogen) atoms. The summed E-state index contributed by atoms with van der Waals surface area (Å²) in [5.74, 6) is -0.939. The molecule has 1 aromatic heterocycles. The van der Waals surface area contributed by atoms with Gasteiger partial charge in [-0.05, 0) is 12.8 Å². The van der Waals surface area contributed by atoms with Crippen LogP contribution in [0.3, 0.4) is 0 Å². The van der Waals surface area contributed by atoms with Gasteiger partial charge in [-0.2, -0.15) is 0 Å². The molecule has 0 bridgehead atoms. The number of amides is 1. The Morgan fingerprint density at radius 2 is 2.12 bits per heavy atom. The van der Waals surface area contributed by atoms with E-state index >= 15 is 0 Å². The topological polar surface area (TPSA) is 70.8 Å². The van der Waals surface area contributed by atoms with Crippen LogP contribution in [-0.4, -0.2) is 35.0 Å². The van der Waals surface area contributed by atoms with Gasteiger partial charge in [-0.3, -0.25) is 4.79 Å². The van der Waals surface area contributed by atoms with Gasteiger partial charge in [0.25, 0.3) is 5.91 Å². The Labute approximate surface area is 100 Å². The van der Waals surface area contributed by atoms with Crippen molar-refractivity contribution in [1.82, 2.24) is 4.90 Å². The van der Waals surface area contributed by atoms with Gasteiger partial charge in [0.05, 0.1) is 5.56 Å². The lowest BCUT2D eigenvalue weighted by Gasteiger charge is -2.21. The summed E-state index contributed by atoms with van der Waals surface area (Å²) >= 11 is 0. The third-order valence-corrected chi connectivity index (χ3v) is 2.31. The summed E-state index contributed by atoms with van der Waals surface area (Å²) in [6.07, 6.45) is 1.08. The fourth-order valence-electron chi connectivity index (χ4n) is 1.51. The molecule has 0 radical (unpaired) electrons. The smallest absolute Gasteiger partial charge is 0.338 e. The maximum Gasteiger partial charge on any atom is 0.338 e. The van der Waals surface area contributed by atoms with Crippen molar-refractivity contribution in [2.75, 3.05) is 13.1 Å². The van der Waals surface area contributed by atoms with Crippen LogP contribution >= 0.6 is 0 Å². The van der Waals surface area contributed by atoms with Gasteiger partial charge in [-0.15, -0.1) is 0 Å². The van der Waals surface area contributed by atoms with E-state index in [-0.39, 0.29) is 17.2 Å². The minimum Gasteiger partial charge on any atom is -0.478 e. The standard InChI is InChI=1S/C12H17NO4/c1-4-13(6-8(2)3)11(14)10-5-9(7-17-10)12(15)16/h5,7-8H,4,6H2,1-3H3,(H,15,16). The molecule has 94 valence electrons. The molecule has 1 rings (SSSR count). The van der Waals surface area contributed by atoms with Crippen molar-refractivity contribution in [3.63, 3.8) is 0 Å². The summed E-state index contributed by atoms with van der Waals surface area (Å²) in [4.78, 5) is 24.3. The van der Waals surface area contributed by atoms with Gasteiger partial charge < -0.3 is 14.4 Å². The lowest BCUT2D eigenvalue weighted by molar-refractivity contribution is 0.0692. The lowest BCUT2D eigenvalue weighted by Crippen LogP contribution is -2.33. The number of rotatable bonds is 5. The molecule has 0 aliphatic carbocycles. The predicted octanol–water partition coefficient (Wildman–Crippen LogP) is 2.10. The molecule has 0 aliphatic heterocycles. The molecule has 1 heterocycles. The van der Waals surface area contributed by atoms with E-state index in [1.54, 1.807) is 4.90 Å². The number of hydrogen-bond donors (Lipinski definition) is 1. The minimum absolute atomic E-state index is 0.00560. The van der Waals surface area contributed by atoms with E-state index in [0.717, 1.165) is 6.26 Å². The van der Waals surface area contributed by atoms with Crippen LogP contribution in [0, 0.1) is 5.92 Å². The molecular weight excluding hydrogens is 222 g/mol. The average molecular weight is 239 g/mol. The summed E-state index contributed by atoms with van der Waals surface area (Å²) in [5.41, 5.74) is -0.00560. The molecule has 5 heteroatoms. The first-order chi connectivity index (χ1) is 7.95. The van der Waals surface area contributed by atoms with E-state index in [1.807, 2.05) is 20.8 Å². The van der Waals surface area contributed by atoms with Crippen LogP contribution in [-0.2, 0) is 0 Å².